The lowest BCUT2D eigenvalue weighted by Crippen LogP contribution is -2.64. The third-order valence-corrected chi connectivity index (χ3v) is 7.90. The number of piperazine rings is 1. The van der Waals surface area contributed by atoms with Crippen molar-refractivity contribution in [3.8, 4) is 5.75 Å². The third-order valence-electron chi connectivity index (χ3n) is 7.90. The second-order valence-corrected chi connectivity index (χ2v) is 11.1. The fraction of sp³-hybridized carbons (Fsp3) is 0.344. The van der Waals surface area contributed by atoms with E-state index in [-0.39, 0.29) is 22.2 Å². The summed E-state index contributed by atoms with van der Waals surface area (Å²) in [5.41, 5.74) is 1.25. The lowest BCUT2D eigenvalue weighted by Gasteiger charge is -2.45. The Labute approximate surface area is 238 Å². The van der Waals surface area contributed by atoms with Crippen LogP contribution in [0.25, 0.3) is 0 Å². The molecule has 2 saturated heterocycles. The molecule has 0 aliphatic carbocycles. The zero-order valence-corrected chi connectivity index (χ0v) is 23.4. The molecule has 0 N–H and O–H groups in total. The summed E-state index contributed by atoms with van der Waals surface area (Å²) >= 11 is 0. The van der Waals surface area contributed by atoms with Gasteiger partial charge in [0.1, 0.15) is 30.5 Å². The number of ketones is 1. The highest BCUT2D eigenvalue weighted by molar-refractivity contribution is 6.06. The van der Waals surface area contributed by atoms with Crippen LogP contribution in [0.4, 0.5) is 13.6 Å². The van der Waals surface area contributed by atoms with E-state index in [1.807, 2.05) is 45.0 Å². The fourth-order valence-electron chi connectivity index (χ4n) is 6.04. The zero-order valence-electron chi connectivity index (χ0n) is 23.4. The van der Waals surface area contributed by atoms with Crippen molar-refractivity contribution in [1.82, 2.24) is 9.80 Å². The third kappa shape index (κ3) is 5.64. The monoisotopic (exact) mass is 562 g/mol. The Hall–Kier alpha value is -3.95. The molecule has 2 aliphatic rings. The van der Waals surface area contributed by atoms with Crippen LogP contribution in [0.5, 0.6) is 5.75 Å². The van der Waals surface area contributed by atoms with Gasteiger partial charge >= 0.3 is 6.03 Å². The van der Waals surface area contributed by atoms with Crippen LogP contribution in [0.3, 0.4) is 0 Å². The number of ether oxygens (including phenoxy) is 1. The highest BCUT2D eigenvalue weighted by atomic mass is 19.1. The Bertz CT molecular complexity index is 1480. The maximum Gasteiger partial charge on any atom is 0.427 e. The van der Waals surface area contributed by atoms with Crippen molar-refractivity contribution in [2.45, 2.75) is 45.5 Å². The Balaban J connectivity index is 1.42. The van der Waals surface area contributed by atoms with Crippen LogP contribution in [-0.4, -0.2) is 70.3 Å². The SMILES string of the molecule is CC(C)Oc1cccc(CN2CC[N@+]3(C[C@@H]2C)C(=O)N(CC(=O)c2ccccc2F)C(=O)C3c2cccc(F)c2)c1. The molecule has 0 radical (unpaired) electrons. The van der Waals surface area contributed by atoms with Gasteiger partial charge < -0.3 is 4.74 Å². The van der Waals surface area contributed by atoms with Gasteiger partial charge in [0.2, 0.25) is 6.04 Å². The van der Waals surface area contributed by atoms with Gasteiger partial charge in [0.25, 0.3) is 5.91 Å². The number of benzene rings is 3. The Kier molecular flexibility index (Phi) is 8.02. The van der Waals surface area contributed by atoms with Crippen LogP contribution in [-0.2, 0) is 11.3 Å². The molecule has 3 amide bonds. The van der Waals surface area contributed by atoms with Gasteiger partial charge in [-0.3, -0.25) is 14.5 Å². The number of hydrogen-bond acceptors (Lipinski definition) is 5. The first-order valence-corrected chi connectivity index (χ1v) is 13.8. The number of carbonyl (C=O) groups is 3. The van der Waals surface area contributed by atoms with Crippen LogP contribution in [0.1, 0.15) is 48.3 Å². The summed E-state index contributed by atoms with van der Waals surface area (Å²) in [6.07, 6.45) is 0.0511. The molecule has 214 valence electrons. The Morgan fingerprint density at radius 1 is 1.02 bits per heavy atom. The van der Waals surface area contributed by atoms with Gasteiger partial charge in [0, 0.05) is 18.7 Å². The van der Waals surface area contributed by atoms with Crippen LogP contribution < -0.4 is 4.74 Å². The number of hydrogen-bond donors (Lipinski definition) is 0. The minimum absolute atomic E-state index is 0.0511. The Morgan fingerprint density at radius 2 is 1.78 bits per heavy atom. The first-order chi connectivity index (χ1) is 19.6. The lowest BCUT2D eigenvalue weighted by molar-refractivity contribution is -0.875. The highest BCUT2D eigenvalue weighted by Gasteiger charge is 2.62. The van der Waals surface area contributed by atoms with Gasteiger partial charge in [0.05, 0.1) is 24.3 Å². The molecule has 2 aliphatic heterocycles. The van der Waals surface area contributed by atoms with Crippen molar-refractivity contribution in [1.29, 1.82) is 0 Å². The van der Waals surface area contributed by atoms with Gasteiger partial charge in [-0.2, -0.15) is 0 Å². The molecule has 0 saturated carbocycles. The summed E-state index contributed by atoms with van der Waals surface area (Å²) in [5.74, 6) is -1.70. The van der Waals surface area contributed by atoms with Crippen LogP contribution in [0.15, 0.2) is 72.8 Å². The minimum atomic E-state index is -1.00. The number of nitrogens with zero attached hydrogens (tertiary/aromatic N) is 3. The molecule has 3 aromatic rings. The second kappa shape index (κ2) is 11.5. The van der Waals surface area contributed by atoms with Gasteiger partial charge in [-0.15, -0.1) is 0 Å². The van der Waals surface area contributed by atoms with Crippen LogP contribution in [0, 0.1) is 11.6 Å². The summed E-state index contributed by atoms with van der Waals surface area (Å²) < 4.78 is 34.3. The van der Waals surface area contributed by atoms with Crippen molar-refractivity contribution in [3.63, 3.8) is 0 Å². The molecule has 0 aromatic heterocycles. The van der Waals surface area contributed by atoms with Crippen molar-refractivity contribution in [2.24, 2.45) is 0 Å². The van der Waals surface area contributed by atoms with E-state index < -0.39 is 41.9 Å². The van der Waals surface area contributed by atoms with Crippen molar-refractivity contribution < 1.29 is 32.4 Å². The van der Waals surface area contributed by atoms with Gasteiger partial charge in [-0.25, -0.2) is 23.0 Å². The molecule has 1 spiro atoms. The fourth-order valence-corrected chi connectivity index (χ4v) is 6.04. The molecule has 7 nitrogen and oxygen atoms in total. The summed E-state index contributed by atoms with van der Waals surface area (Å²) in [6.45, 7) is 7.07. The first-order valence-electron chi connectivity index (χ1n) is 13.8. The van der Waals surface area contributed by atoms with E-state index in [0.717, 1.165) is 22.3 Å². The largest absolute Gasteiger partial charge is 0.491 e. The average molecular weight is 563 g/mol. The minimum Gasteiger partial charge on any atom is -0.491 e. The summed E-state index contributed by atoms with van der Waals surface area (Å²) in [6, 6.07) is 17.4. The molecule has 2 fully saturated rings. The number of quaternary nitrogens is 1. The van der Waals surface area contributed by atoms with Gasteiger partial charge in [-0.1, -0.05) is 36.4 Å². The Morgan fingerprint density at radius 3 is 2.49 bits per heavy atom. The predicted octanol–water partition coefficient (Wildman–Crippen LogP) is 5.36. The first kappa shape index (κ1) is 28.6. The molecule has 0 bridgehead atoms. The number of imide groups is 1. The standard InChI is InChI=1S/C32H34F2N3O4/c1-21(2)41-26-11-6-8-23(16-26)18-35-14-15-37(20-22(35)3)30(24-9-7-10-25(33)17-24)31(39)36(32(37)40)19-29(38)27-12-4-5-13-28(27)34/h4-13,16-17,21-22,30H,14-15,18-20H2,1-3H3/q+1/t22-,30?,37+/m0/s1. The molecule has 9 heteroatoms. The number of rotatable bonds is 8. The maximum absolute atomic E-state index is 14.3. The molecule has 41 heavy (non-hydrogen) atoms. The molecule has 3 aromatic carbocycles. The van der Waals surface area contributed by atoms with E-state index in [0.29, 0.717) is 31.7 Å². The summed E-state index contributed by atoms with van der Waals surface area (Å²) in [5, 5.41) is 0. The number of halogens is 2. The second-order valence-electron chi connectivity index (χ2n) is 11.1. The van der Waals surface area contributed by atoms with Gasteiger partial charge in [0.15, 0.2) is 5.78 Å². The van der Waals surface area contributed by atoms with Gasteiger partial charge in [-0.05, 0) is 62.7 Å². The molecular formula is C32H34F2N3O4+. The van der Waals surface area contributed by atoms with E-state index in [1.54, 1.807) is 6.07 Å². The average Bonchev–Trinajstić information content (AvgIpc) is 3.11. The number of amides is 3. The zero-order chi connectivity index (χ0) is 29.3. The van der Waals surface area contributed by atoms with E-state index >= 15 is 0 Å². The molecule has 3 atom stereocenters. The smallest absolute Gasteiger partial charge is 0.427 e. The quantitative estimate of drug-likeness (QED) is 0.210. The van der Waals surface area contributed by atoms with E-state index in [9.17, 15) is 23.2 Å². The summed E-state index contributed by atoms with van der Waals surface area (Å²) in [7, 11) is 0. The molecule has 5 rings (SSSR count). The van der Waals surface area contributed by atoms with Crippen molar-refractivity contribution in [3.05, 3.63) is 101 Å². The van der Waals surface area contributed by atoms with Crippen molar-refractivity contribution in [2.75, 3.05) is 26.2 Å². The number of Topliss-reactive ketones (excluding diaryl/α,β-unsaturated/α-hetero) is 1. The number of carbonyl (C=O) groups excluding carboxylic acids is 3. The van der Waals surface area contributed by atoms with Crippen LogP contribution in [0.2, 0.25) is 0 Å². The van der Waals surface area contributed by atoms with E-state index in [4.69, 9.17) is 4.74 Å². The van der Waals surface area contributed by atoms with E-state index in [1.165, 1.54) is 36.4 Å². The normalized spacial score (nSPS) is 23.0. The molecule has 2 heterocycles. The maximum atomic E-state index is 14.3. The predicted molar refractivity (Wildman–Crippen MR) is 149 cm³/mol. The topological polar surface area (TPSA) is 66.9 Å². The molecule has 1 unspecified atom stereocenters. The molecular weight excluding hydrogens is 528 g/mol. The van der Waals surface area contributed by atoms with Crippen molar-refractivity contribution >= 4 is 17.7 Å². The summed E-state index contributed by atoms with van der Waals surface area (Å²) in [4.78, 5) is 44.1. The highest BCUT2D eigenvalue weighted by Crippen LogP contribution is 2.41. The number of urea groups is 1. The van der Waals surface area contributed by atoms with E-state index in [2.05, 4.69) is 4.90 Å². The van der Waals surface area contributed by atoms with Crippen LogP contribution >= 0.6 is 0 Å². The lowest BCUT2D eigenvalue weighted by atomic mass is 9.99.